The Bertz CT molecular complexity index is 1100. The highest BCUT2D eigenvalue weighted by atomic mass is 19.1. The number of aryl methyl sites for hydroxylation is 2. The molecule has 5 nitrogen and oxygen atoms in total. The number of aliphatic hydroxyl groups excluding tert-OH is 1. The van der Waals surface area contributed by atoms with Crippen molar-refractivity contribution in [2.45, 2.75) is 78.2 Å². The molecule has 2 aromatic rings. The molecule has 0 aromatic heterocycles. The average molecular weight is 539 g/mol. The van der Waals surface area contributed by atoms with E-state index in [1.54, 1.807) is 19.9 Å². The topological polar surface area (TPSA) is 72.8 Å². The molecule has 0 aliphatic rings. The van der Waals surface area contributed by atoms with Crippen LogP contribution in [0.15, 0.2) is 66.8 Å². The lowest BCUT2D eigenvalue weighted by molar-refractivity contribution is -0.144. The van der Waals surface area contributed by atoms with E-state index in [4.69, 9.17) is 9.47 Å². The lowest BCUT2D eigenvalue weighted by atomic mass is 9.97. The predicted molar refractivity (Wildman–Crippen MR) is 154 cm³/mol. The van der Waals surface area contributed by atoms with Gasteiger partial charge in [0.25, 0.3) is 0 Å². The van der Waals surface area contributed by atoms with Crippen molar-refractivity contribution < 1.29 is 28.6 Å². The average Bonchev–Trinajstić information content (AvgIpc) is 2.91. The van der Waals surface area contributed by atoms with E-state index >= 15 is 4.39 Å². The molecule has 6 heteroatoms. The molecule has 2 rings (SSSR count). The minimum Gasteiger partial charge on any atom is -0.462 e. The number of rotatable bonds is 17. The van der Waals surface area contributed by atoms with Gasteiger partial charge in [0.2, 0.25) is 0 Å². The summed E-state index contributed by atoms with van der Waals surface area (Å²) < 4.78 is 25.8. The second-order valence-corrected chi connectivity index (χ2v) is 10.3. The number of hydrogen-bond acceptors (Lipinski definition) is 5. The highest BCUT2D eigenvalue weighted by Crippen LogP contribution is 2.25. The molecule has 0 amide bonds. The van der Waals surface area contributed by atoms with Gasteiger partial charge in [0, 0.05) is 22.6 Å². The Balaban J connectivity index is 2.00. The van der Waals surface area contributed by atoms with E-state index < -0.39 is 18.0 Å². The monoisotopic (exact) mass is 538 g/mol. The zero-order valence-electron chi connectivity index (χ0n) is 23.6. The second kappa shape index (κ2) is 16.7. The normalized spacial score (nSPS) is 12.4. The van der Waals surface area contributed by atoms with Crippen LogP contribution in [-0.2, 0) is 31.9 Å². The summed E-state index contributed by atoms with van der Waals surface area (Å²) in [6.45, 7) is 12.8. The van der Waals surface area contributed by atoms with E-state index in [-0.39, 0.29) is 36.1 Å². The summed E-state index contributed by atoms with van der Waals surface area (Å²) >= 11 is 0. The Morgan fingerprint density at radius 2 is 1.56 bits per heavy atom. The number of carbonyl (C=O) groups excluding carboxylic acids is 2. The summed E-state index contributed by atoms with van der Waals surface area (Å²) in [7, 11) is 0. The molecule has 0 saturated heterocycles. The van der Waals surface area contributed by atoms with Gasteiger partial charge in [0.05, 0.1) is 19.3 Å². The van der Waals surface area contributed by atoms with Crippen LogP contribution in [0.5, 0.6) is 0 Å². The zero-order chi connectivity index (χ0) is 28.8. The fourth-order valence-electron chi connectivity index (χ4n) is 4.06. The molecular weight excluding hydrogens is 495 g/mol. The van der Waals surface area contributed by atoms with Crippen LogP contribution in [0.1, 0.15) is 70.4 Å². The predicted octanol–water partition coefficient (Wildman–Crippen LogP) is 7.15. The molecule has 0 saturated carbocycles. The smallest absolute Gasteiger partial charge is 0.333 e. The number of carbonyl (C=O) groups is 2. The Morgan fingerprint density at radius 1 is 0.923 bits per heavy atom. The molecule has 0 radical (unpaired) electrons. The molecule has 0 aliphatic heterocycles. The maximum atomic E-state index is 15.0. The number of aliphatic hydroxyl groups is 1. The van der Waals surface area contributed by atoms with Crippen LogP contribution in [-0.4, -0.2) is 36.4 Å². The third-order valence-electron chi connectivity index (χ3n) is 6.61. The van der Waals surface area contributed by atoms with Crippen molar-refractivity contribution in [1.82, 2.24) is 0 Å². The molecule has 0 aliphatic carbocycles. The largest absolute Gasteiger partial charge is 0.462 e. The van der Waals surface area contributed by atoms with Crippen LogP contribution in [0.4, 0.5) is 4.39 Å². The van der Waals surface area contributed by atoms with Gasteiger partial charge in [-0.2, -0.15) is 0 Å². The minimum atomic E-state index is -0.543. The van der Waals surface area contributed by atoms with Crippen LogP contribution in [0.25, 0.3) is 11.1 Å². The zero-order valence-corrected chi connectivity index (χ0v) is 23.6. The molecule has 0 fully saturated rings. The lowest BCUT2D eigenvalue weighted by Crippen LogP contribution is -2.22. The van der Waals surface area contributed by atoms with Gasteiger partial charge in [-0.1, -0.05) is 69.3 Å². The standard InChI is InChI=1S/C33H43FO5/c1-6-7-8-9-26-14-17-29(18-15-26)30-19-16-27(20-31(30)34)12-13-28(21-38-32(36)23(2)3)22-39-33(37)24(4)10-11-25(5)35/h14-20,25,28,35H,2,4,6-13,21-22H2,1,3,5H3. The first-order valence-corrected chi connectivity index (χ1v) is 13.8. The first-order valence-electron chi connectivity index (χ1n) is 13.8. The van der Waals surface area contributed by atoms with E-state index in [2.05, 4.69) is 32.2 Å². The second-order valence-electron chi connectivity index (χ2n) is 10.3. The number of esters is 2. The van der Waals surface area contributed by atoms with Crippen LogP contribution in [0.3, 0.4) is 0 Å². The van der Waals surface area contributed by atoms with E-state index in [1.807, 2.05) is 18.2 Å². The van der Waals surface area contributed by atoms with Crippen LogP contribution in [0, 0.1) is 11.7 Å². The Morgan fingerprint density at radius 3 is 2.15 bits per heavy atom. The van der Waals surface area contributed by atoms with Gasteiger partial charge in [-0.25, -0.2) is 14.0 Å². The summed E-state index contributed by atoms with van der Waals surface area (Å²) in [5.41, 5.74) is 4.01. The number of hydrogen-bond donors (Lipinski definition) is 1. The molecule has 0 heterocycles. The minimum absolute atomic E-state index is 0.0289. The SMILES string of the molecule is C=C(C)C(=O)OCC(CCc1ccc(-c2ccc(CCCCC)cc2)c(F)c1)COC(=O)C(=C)CCC(C)O. The summed E-state index contributed by atoms with van der Waals surface area (Å²) in [6.07, 6.45) is 5.82. The molecule has 1 N–H and O–H groups in total. The van der Waals surface area contributed by atoms with E-state index in [0.717, 1.165) is 24.0 Å². The summed E-state index contributed by atoms with van der Waals surface area (Å²) in [4.78, 5) is 24.2. The summed E-state index contributed by atoms with van der Waals surface area (Å²) in [5.74, 6) is -1.64. The fourth-order valence-corrected chi connectivity index (χ4v) is 4.06. The molecule has 212 valence electrons. The molecule has 2 aromatic carbocycles. The number of ether oxygens (including phenoxy) is 2. The Labute approximate surface area is 232 Å². The summed E-state index contributed by atoms with van der Waals surface area (Å²) in [5, 5.41) is 9.42. The lowest BCUT2D eigenvalue weighted by Gasteiger charge is -2.18. The van der Waals surface area contributed by atoms with Gasteiger partial charge in [-0.15, -0.1) is 0 Å². The molecular formula is C33H43FO5. The van der Waals surface area contributed by atoms with Crippen molar-refractivity contribution in [3.8, 4) is 11.1 Å². The Hall–Kier alpha value is -3.25. The maximum Gasteiger partial charge on any atom is 0.333 e. The fraction of sp³-hybridized carbons (Fsp3) is 0.455. The third kappa shape index (κ3) is 11.6. The van der Waals surface area contributed by atoms with Crippen molar-refractivity contribution in [3.05, 3.63) is 83.7 Å². The quantitative estimate of drug-likeness (QED) is 0.131. The van der Waals surface area contributed by atoms with Crippen molar-refractivity contribution in [2.24, 2.45) is 5.92 Å². The number of halogens is 1. The van der Waals surface area contributed by atoms with E-state index in [9.17, 15) is 14.7 Å². The van der Waals surface area contributed by atoms with Crippen molar-refractivity contribution >= 4 is 11.9 Å². The van der Waals surface area contributed by atoms with Gasteiger partial charge in [0.1, 0.15) is 5.82 Å². The molecule has 0 spiro atoms. The van der Waals surface area contributed by atoms with Crippen molar-refractivity contribution in [2.75, 3.05) is 13.2 Å². The van der Waals surface area contributed by atoms with Crippen molar-refractivity contribution in [3.63, 3.8) is 0 Å². The van der Waals surface area contributed by atoms with E-state index in [1.165, 1.54) is 24.5 Å². The van der Waals surface area contributed by atoms with Gasteiger partial charge in [-0.05, 0) is 75.1 Å². The van der Waals surface area contributed by atoms with Gasteiger partial charge in [-0.3, -0.25) is 0 Å². The molecule has 0 bridgehead atoms. The van der Waals surface area contributed by atoms with Crippen molar-refractivity contribution in [1.29, 1.82) is 0 Å². The summed E-state index contributed by atoms with van der Waals surface area (Å²) in [6, 6.07) is 13.3. The molecule has 39 heavy (non-hydrogen) atoms. The number of unbranched alkanes of at least 4 members (excludes halogenated alkanes) is 2. The first kappa shape index (κ1) is 32.0. The maximum absolute atomic E-state index is 15.0. The van der Waals surface area contributed by atoms with Crippen LogP contribution in [0.2, 0.25) is 0 Å². The molecule has 2 unspecified atom stereocenters. The molecule has 2 atom stereocenters. The van der Waals surface area contributed by atoms with Crippen LogP contribution >= 0.6 is 0 Å². The van der Waals surface area contributed by atoms with E-state index in [0.29, 0.717) is 31.2 Å². The Kier molecular flexibility index (Phi) is 13.7. The van der Waals surface area contributed by atoms with Gasteiger partial charge >= 0.3 is 11.9 Å². The highest BCUT2D eigenvalue weighted by Gasteiger charge is 2.18. The first-order chi connectivity index (χ1) is 18.6. The van der Waals surface area contributed by atoms with Crippen LogP contribution < -0.4 is 0 Å². The third-order valence-corrected chi connectivity index (χ3v) is 6.61. The highest BCUT2D eigenvalue weighted by molar-refractivity contribution is 5.87. The van der Waals surface area contributed by atoms with Gasteiger partial charge in [0.15, 0.2) is 0 Å². The van der Waals surface area contributed by atoms with Gasteiger partial charge < -0.3 is 14.6 Å². The number of benzene rings is 2.